The summed E-state index contributed by atoms with van der Waals surface area (Å²) in [7, 11) is 0. The summed E-state index contributed by atoms with van der Waals surface area (Å²) in [6.45, 7) is 2.24. The van der Waals surface area contributed by atoms with E-state index < -0.39 is 0 Å². The van der Waals surface area contributed by atoms with Crippen LogP contribution in [0.25, 0.3) is 5.65 Å². The van der Waals surface area contributed by atoms with Gasteiger partial charge < -0.3 is 10.0 Å². The minimum Gasteiger partial charge on any atom is -0.395 e. The molecule has 0 aliphatic heterocycles. The van der Waals surface area contributed by atoms with Gasteiger partial charge >= 0.3 is 0 Å². The normalized spacial score (nSPS) is 14.8. The van der Waals surface area contributed by atoms with E-state index in [2.05, 4.69) is 10.2 Å². The van der Waals surface area contributed by atoms with Crippen LogP contribution in [0.5, 0.6) is 0 Å². The summed E-state index contributed by atoms with van der Waals surface area (Å²) in [5.41, 5.74) is 1.34. The Hall–Kier alpha value is -1.95. The number of aryl methyl sites for hydroxylation is 1. The quantitative estimate of drug-likeness (QED) is 0.875. The molecule has 0 spiro atoms. The van der Waals surface area contributed by atoms with Crippen LogP contribution in [0.2, 0.25) is 0 Å². The average Bonchev–Trinajstić information content (AvgIpc) is 3.20. The van der Waals surface area contributed by atoms with E-state index >= 15 is 0 Å². The zero-order valence-electron chi connectivity index (χ0n) is 10.8. The molecule has 1 saturated carbocycles. The Bertz CT molecular complexity index is 618. The van der Waals surface area contributed by atoms with E-state index in [4.69, 9.17) is 5.11 Å². The monoisotopic (exact) mass is 260 g/mol. The number of aliphatic hydroxyl groups excluding tert-OH is 1. The fourth-order valence-electron chi connectivity index (χ4n) is 2.24. The first kappa shape index (κ1) is 12.1. The van der Waals surface area contributed by atoms with Gasteiger partial charge in [0.05, 0.1) is 12.2 Å². The van der Waals surface area contributed by atoms with Crippen molar-refractivity contribution in [1.82, 2.24) is 19.5 Å². The lowest BCUT2D eigenvalue weighted by Crippen LogP contribution is -2.35. The molecule has 0 bridgehead atoms. The Morgan fingerprint density at radius 3 is 2.95 bits per heavy atom. The van der Waals surface area contributed by atoms with Crippen molar-refractivity contribution < 1.29 is 9.90 Å². The highest BCUT2D eigenvalue weighted by Gasteiger charge is 2.32. The maximum atomic E-state index is 12.5. The topological polar surface area (TPSA) is 70.7 Å². The maximum Gasteiger partial charge on any atom is 0.255 e. The SMILES string of the molecule is Cc1nnc2ccc(C(=O)N(CCO)C3CC3)cn12. The summed E-state index contributed by atoms with van der Waals surface area (Å²) >= 11 is 0. The van der Waals surface area contributed by atoms with Crippen LogP contribution in [-0.4, -0.2) is 49.7 Å². The van der Waals surface area contributed by atoms with E-state index in [0.717, 1.165) is 24.3 Å². The number of aromatic nitrogens is 3. The number of hydrogen-bond donors (Lipinski definition) is 1. The molecule has 6 nitrogen and oxygen atoms in total. The second-order valence-corrected chi connectivity index (χ2v) is 4.85. The van der Waals surface area contributed by atoms with Crippen LogP contribution in [0.3, 0.4) is 0 Å². The van der Waals surface area contributed by atoms with Gasteiger partial charge in [-0.25, -0.2) is 0 Å². The predicted octanol–water partition coefficient (Wildman–Crippen LogP) is 0.635. The van der Waals surface area contributed by atoms with Crippen molar-refractivity contribution in [2.75, 3.05) is 13.2 Å². The first-order valence-corrected chi connectivity index (χ1v) is 6.44. The van der Waals surface area contributed by atoms with Crippen molar-refractivity contribution >= 4 is 11.6 Å². The van der Waals surface area contributed by atoms with Gasteiger partial charge in [-0.15, -0.1) is 10.2 Å². The van der Waals surface area contributed by atoms with Crippen molar-refractivity contribution in [2.45, 2.75) is 25.8 Å². The maximum absolute atomic E-state index is 12.5. The van der Waals surface area contributed by atoms with Gasteiger partial charge in [-0.1, -0.05) is 0 Å². The number of carbonyl (C=O) groups is 1. The van der Waals surface area contributed by atoms with E-state index in [1.807, 2.05) is 6.92 Å². The molecule has 3 rings (SSSR count). The van der Waals surface area contributed by atoms with Crippen molar-refractivity contribution in [3.8, 4) is 0 Å². The third-order valence-electron chi connectivity index (χ3n) is 3.41. The first-order chi connectivity index (χ1) is 9.20. The van der Waals surface area contributed by atoms with Gasteiger partial charge in [-0.2, -0.15) is 0 Å². The molecule has 0 radical (unpaired) electrons. The Balaban J connectivity index is 1.93. The molecule has 0 unspecified atom stereocenters. The zero-order valence-corrected chi connectivity index (χ0v) is 10.8. The second-order valence-electron chi connectivity index (χ2n) is 4.85. The number of aliphatic hydroxyl groups is 1. The van der Waals surface area contributed by atoms with Gasteiger partial charge in [-0.3, -0.25) is 9.20 Å². The summed E-state index contributed by atoms with van der Waals surface area (Å²) in [5, 5.41) is 17.0. The number of pyridine rings is 1. The summed E-state index contributed by atoms with van der Waals surface area (Å²) < 4.78 is 1.80. The molecule has 1 aliphatic carbocycles. The smallest absolute Gasteiger partial charge is 0.255 e. The Morgan fingerprint density at radius 1 is 1.47 bits per heavy atom. The van der Waals surface area contributed by atoms with Crippen LogP contribution in [-0.2, 0) is 0 Å². The van der Waals surface area contributed by atoms with Crippen LogP contribution in [0.4, 0.5) is 0 Å². The Labute approximate surface area is 110 Å². The number of hydrogen-bond acceptors (Lipinski definition) is 4. The molecule has 0 aromatic carbocycles. The Morgan fingerprint density at radius 2 is 2.26 bits per heavy atom. The molecule has 0 atom stereocenters. The minimum atomic E-state index is -0.0356. The third kappa shape index (κ3) is 2.19. The summed E-state index contributed by atoms with van der Waals surface area (Å²) in [4.78, 5) is 14.2. The fraction of sp³-hybridized carbons (Fsp3) is 0.462. The number of carbonyl (C=O) groups excluding carboxylic acids is 1. The lowest BCUT2D eigenvalue weighted by atomic mass is 10.2. The molecule has 6 heteroatoms. The molecule has 19 heavy (non-hydrogen) atoms. The number of nitrogens with zero attached hydrogens (tertiary/aromatic N) is 4. The standard InChI is InChI=1S/C13H16N4O2/c1-9-14-15-12-5-2-10(8-17(9)12)13(19)16(6-7-18)11-3-4-11/h2,5,8,11,18H,3-4,6-7H2,1H3. The van der Waals surface area contributed by atoms with Crippen molar-refractivity contribution in [3.05, 3.63) is 29.7 Å². The van der Waals surface area contributed by atoms with E-state index in [1.54, 1.807) is 27.6 Å². The van der Waals surface area contributed by atoms with Crippen molar-refractivity contribution in [3.63, 3.8) is 0 Å². The average molecular weight is 260 g/mol. The van der Waals surface area contributed by atoms with Crippen LogP contribution in [0.1, 0.15) is 29.0 Å². The van der Waals surface area contributed by atoms with Gasteiger partial charge in [0.25, 0.3) is 5.91 Å². The summed E-state index contributed by atoms with van der Waals surface area (Å²) in [6, 6.07) is 3.84. The lowest BCUT2D eigenvalue weighted by Gasteiger charge is -2.21. The highest BCUT2D eigenvalue weighted by atomic mass is 16.3. The van der Waals surface area contributed by atoms with Gasteiger partial charge in [0.1, 0.15) is 5.82 Å². The number of rotatable bonds is 4. The first-order valence-electron chi connectivity index (χ1n) is 6.44. The minimum absolute atomic E-state index is 0.00383. The highest BCUT2D eigenvalue weighted by molar-refractivity contribution is 5.94. The van der Waals surface area contributed by atoms with Gasteiger partial charge in [0.15, 0.2) is 5.65 Å². The van der Waals surface area contributed by atoms with E-state index in [9.17, 15) is 4.79 Å². The van der Waals surface area contributed by atoms with Crippen molar-refractivity contribution in [2.24, 2.45) is 0 Å². The number of amides is 1. The fourth-order valence-corrected chi connectivity index (χ4v) is 2.24. The highest BCUT2D eigenvalue weighted by Crippen LogP contribution is 2.28. The molecular weight excluding hydrogens is 244 g/mol. The van der Waals surface area contributed by atoms with Gasteiger partial charge in [-0.05, 0) is 31.9 Å². The van der Waals surface area contributed by atoms with Crippen molar-refractivity contribution in [1.29, 1.82) is 0 Å². The molecule has 2 heterocycles. The van der Waals surface area contributed by atoms with Crippen LogP contribution >= 0.6 is 0 Å². The molecular formula is C13H16N4O2. The molecule has 0 saturated heterocycles. The molecule has 100 valence electrons. The van der Waals surface area contributed by atoms with Gasteiger partial charge in [0, 0.05) is 18.8 Å². The van der Waals surface area contributed by atoms with Crippen LogP contribution in [0.15, 0.2) is 18.3 Å². The predicted molar refractivity (Wildman–Crippen MR) is 68.9 cm³/mol. The lowest BCUT2D eigenvalue weighted by molar-refractivity contribution is 0.0707. The second kappa shape index (κ2) is 4.62. The summed E-state index contributed by atoms with van der Waals surface area (Å²) in [6.07, 6.45) is 3.82. The van der Waals surface area contributed by atoms with Gasteiger partial charge in [0.2, 0.25) is 0 Å². The van der Waals surface area contributed by atoms with E-state index in [1.165, 1.54) is 0 Å². The van der Waals surface area contributed by atoms with Crippen LogP contribution in [0, 0.1) is 6.92 Å². The molecule has 1 aliphatic rings. The summed E-state index contributed by atoms with van der Waals surface area (Å²) in [5.74, 6) is 0.719. The van der Waals surface area contributed by atoms with Crippen LogP contribution < -0.4 is 0 Å². The third-order valence-corrected chi connectivity index (χ3v) is 3.41. The van der Waals surface area contributed by atoms with E-state index in [0.29, 0.717) is 12.1 Å². The van der Waals surface area contributed by atoms with E-state index in [-0.39, 0.29) is 18.6 Å². The Kier molecular flexibility index (Phi) is 2.94. The molecule has 2 aromatic heterocycles. The molecule has 1 N–H and O–H groups in total. The molecule has 2 aromatic rings. The molecule has 1 fully saturated rings. The number of fused-ring (bicyclic) bond motifs is 1. The largest absolute Gasteiger partial charge is 0.395 e. The zero-order chi connectivity index (χ0) is 13.4. The molecule has 1 amide bonds.